The lowest BCUT2D eigenvalue weighted by molar-refractivity contribution is -0.131. The molecule has 0 bridgehead atoms. The third kappa shape index (κ3) is 3.60. The van der Waals surface area contributed by atoms with Crippen LogP contribution in [0, 0.1) is 0 Å². The van der Waals surface area contributed by atoms with Crippen molar-refractivity contribution in [1.29, 1.82) is 0 Å². The standard InChI is InChI=1S/C13H14O4/c14-13(15)6-3-10-1-4-11(5-2-10)17-12-7-8-16-9-12/h1-6,12H,7-9H2,(H,14,15)/b6-3+/t12-/m0/s1. The fraction of sp³-hybridized carbons (Fsp3) is 0.308. The van der Waals surface area contributed by atoms with E-state index >= 15 is 0 Å². The topological polar surface area (TPSA) is 55.8 Å². The molecule has 1 aliphatic rings. The molecule has 4 heteroatoms. The lowest BCUT2D eigenvalue weighted by Gasteiger charge is -2.11. The summed E-state index contributed by atoms with van der Waals surface area (Å²) >= 11 is 0. The normalized spacial score (nSPS) is 19.6. The van der Waals surface area contributed by atoms with Crippen LogP contribution in [0.25, 0.3) is 6.08 Å². The summed E-state index contributed by atoms with van der Waals surface area (Å²) in [6.07, 6.45) is 3.71. The van der Waals surface area contributed by atoms with Crippen LogP contribution < -0.4 is 4.74 Å². The lowest BCUT2D eigenvalue weighted by atomic mass is 10.2. The van der Waals surface area contributed by atoms with Gasteiger partial charge in [0.25, 0.3) is 0 Å². The monoisotopic (exact) mass is 234 g/mol. The van der Waals surface area contributed by atoms with Crippen molar-refractivity contribution >= 4 is 12.0 Å². The Hall–Kier alpha value is -1.81. The third-order valence-electron chi connectivity index (χ3n) is 2.49. The number of carboxylic acids is 1. The van der Waals surface area contributed by atoms with Crippen LogP contribution in [0.1, 0.15) is 12.0 Å². The quantitative estimate of drug-likeness (QED) is 0.809. The fourth-order valence-electron chi connectivity index (χ4n) is 1.62. The van der Waals surface area contributed by atoms with E-state index in [0.717, 1.165) is 30.4 Å². The Morgan fingerprint density at radius 2 is 2.18 bits per heavy atom. The molecule has 1 saturated heterocycles. The molecule has 1 aromatic rings. The number of benzene rings is 1. The highest BCUT2D eigenvalue weighted by Crippen LogP contribution is 2.18. The van der Waals surface area contributed by atoms with Gasteiger partial charge in [-0.2, -0.15) is 0 Å². The van der Waals surface area contributed by atoms with Crippen LogP contribution in [0.3, 0.4) is 0 Å². The van der Waals surface area contributed by atoms with Gasteiger partial charge in [0.2, 0.25) is 0 Å². The van der Waals surface area contributed by atoms with Gasteiger partial charge >= 0.3 is 5.97 Å². The summed E-state index contributed by atoms with van der Waals surface area (Å²) in [5.41, 5.74) is 0.836. The highest BCUT2D eigenvalue weighted by Gasteiger charge is 2.16. The van der Waals surface area contributed by atoms with Crippen LogP contribution in [0.2, 0.25) is 0 Å². The maximum atomic E-state index is 10.3. The summed E-state index contributed by atoms with van der Waals surface area (Å²) in [7, 11) is 0. The van der Waals surface area contributed by atoms with Crippen molar-refractivity contribution in [2.24, 2.45) is 0 Å². The maximum Gasteiger partial charge on any atom is 0.328 e. The van der Waals surface area contributed by atoms with Crippen LogP contribution in [-0.4, -0.2) is 30.4 Å². The average molecular weight is 234 g/mol. The van der Waals surface area contributed by atoms with E-state index in [1.54, 1.807) is 6.08 Å². The van der Waals surface area contributed by atoms with E-state index in [-0.39, 0.29) is 6.10 Å². The van der Waals surface area contributed by atoms with Gasteiger partial charge in [-0.05, 0) is 23.8 Å². The fourth-order valence-corrected chi connectivity index (χ4v) is 1.62. The number of ether oxygens (including phenoxy) is 2. The molecule has 0 unspecified atom stereocenters. The second kappa shape index (κ2) is 5.50. The number of carboxylic acid groups (broad SMARTS) is 1. The predicted octanol–water partition coefficient (Wildman–Crippen LogP) is 1.95. The van der Waals surface area contributed by atoms with E-state index in [1.165, 1.54) is 0 Å². The molecule has 1 aliphatic heterocycles. The van der Waals surface area contributed by atoms with Gasteiger partial charge in [0.15, 0.2) is 0 Å². The highest BCUT2D eigenvalue weighted by molar-refractivity contribution is 5.85. The largest absolute Gasteiger partial charge is 0.488 e. The van der Waals surface area contributed by atoms with Gasteiger partial charge < -0.3 is 14.6 Å². The minimum atomic E-state index is -0.951. The first kappa shape index (κ1) is 11.7. The van der Waals surface area contributed by atoms with E-state index < -0.39 is 5.97 Å². The molecule has 2 rings (SSSR count). The van der Waals surface area contributed by atoms with Crippen LogP contribution >= 0.6 is 0 Å². The minimum absolute atomic E-state index is 0.135. The smallest absolute Gasteiger partial charge is 0.328 e. The molecule has 0 aromatic heterocycles. The van der Waals surface area contributed by atoms with Crippen molar-refractivity contribution in [3.05, 3.63) is 35.9 Å². The zero-order chi connectivity index (χ0) is 12.1. The summed E-state index contributed by atoms with van der Waals surface area (Å²) < 4.78 is 10.9. The van der Waals surface area contributed by atoms with Crippen molar-refractivity contribution in [1.82, 2.24) is 0 Å². The molecule has 0 aliphatic carbocycles. The van der Waals surface area contributed by atoms with E-state index in [4.69, 9.17) is 14.6 Å². The SMILES string of the molecule is O=C(O)/C=C/c1ccc(O[C@H]2CCOC2)cc1. The number of aliphatic carboxylic acids is 1. The Bertz CT molecular complexity index is 402. The first-order valence-corrected chi connectivity index (χ1v) is 5.49. The third-order valence-corrected chi connectivity index (χ3v) is 2.49. The van der Waals surface area contributed by atoms with Crippen LogP contribution in [0.15, 0.2) is 30.3 Å². The molecule has 17 heavy (non-hydrogen) atoms. The van der Waals surface area contributed by atoms with E-state index in [2.05, 4.69) is 0 Å². The van der Waals surface area contributed by atoms with Crippen LogP contribution in [-0.2, 0) is 9.53 Å². The zero-order valence-corrected chi connectivity index (χ0v) is 9.33. The van der Waals surface area contributed by atoms with Crippen LogP contribution in [0.5, 0.6) is 5.75 Å². The molecule has 4 nitrogen and oxygen atoms in total. The molecule has 1 heterocycles. The Morgan fingerprint density at radius 1 is 1.41 bits per heavy atom. The van der Waals surface area contributed by atoms with Crippen molar-refractivity contribution in [3.8, 4) is 5.75 Å². The van der Waals surface area contributed by atoms with E-state index in [0.29, 0.717) is 6.61 Å². The molecule has 0 saturated carbocycles. The van der Waals surface area contributed by atoms with Gasteiger partial charge in [0, 0.05) is 12.5 Å². The average Bonchev–Trinajstić information content (AvgIpc) is 2.81. The van der Waals surface area contributed by atoms with Crippen molar-refractivity contribution in [3.63, 3.8) is 0 Å². The summed E-state index contributed by atoms with van der Waals surface area (Å²) in [6, 6.07) is 7.31. The molecule has 1 N–H and O–H groups in total. The molecule has 1 aromatic carbocycles. The predicted molar refractivity (Wildman–Crippen MR) is 63.0 cm³/mol. The molecule has 90 valence electrons. The van der Waals surface area contributed by atoms with E-state index in [9.17, 15) is 4.79 Å². The van der Waals surface area contributed by atoms with Crippen molar-refractivity contribution in [2.75, 3.05) is 13.2 Å². The summed E-state index contributed by atoms with van der Waals surface area (Å²) in [4.78, 5) is 10.3. The second-order valence-corrected chi connectivity index (χ2v) is 3.84. The molecular weight excluding hydrogens is 220 g/mol. The summed E-state index contributed by atoms with van der Waals surface area (Å²) in [5, 5.41) is 8.49. The van der Waals surface area contributed by atoms with E-state index in [1.807, 2.05) is 24.3 Å². The van der Waals surface area contributed by atoms with Gasteiger partial charge in [-0.3, -0.25) is 0 Å². The van der Waals surface area contributed by atoms with Crippen molar-refractivity contribution in [2.45, 2.75) is 12.5 Å². The zero-order valence-electron chi connectivity index (χ0n) is 9.33. The Balaban J connectivity index is 1.95. The first-order chi connectivity index (χ1) is 8.24. The molecule has 0 radical (unpaired) electrons. The molecule has 1 atom stereocenters. The molecule has 0 spiro atoms. The number of rotatable bonds is 4. The lowest BCUT2D eigenvalue weighted by Crippen LogP contribution is -2.15. The first-order valence-electron chi connectivity index (χ1n) is 5.49. The maximum absolute atomic E-state index is 10.3. The Labute approximate surface area is 99.5 Å². The molecule has 1 fully saturated rings. The van der Waals surface area contributed by atoms with Gasteiger partial charge in [0.1, 0.15) is 11.9 Å². The van der Waals surface area contributed by atoms with Gasteiger partial charge in [0.05, 0.1) is 13.2 Å². The summed E-state index contributed by atoms with van der Waals surface area (Å²) in [6.45, 7) is 1.39. The number of carbonyl (C=O) groups is 1. The van der Waals surface area contributed by atoms with Crippen molar-refractivity contribution < 1.29 is 19.4 Å². The van der Waals surface area contributed by atoms with Gasteiger partial charge in [-0.25, -0.2) is 4.79 Å². The highest BCUT2D eigenvalue weighted by atomic mass is 16.5. The van der Waals surface area contributed by atoms with Gasteiger partial charge in [-0.1, -0.05) is 12.1 Å². The minimum Gasteiger partial charge on any atom is -0.488 e. The van der Waals surface area contributed by atoms with Gasteiger partial charge in [-0.15, -0.1) is 0 Å². The number of hydrogen-bond acceptors (Lipinski definition) is 3. The second-order valence-electron chi connectivity index (χ2n) is 3.84. The Kier molecular flexibility index (Phi) is 3.77. The Morgan fingerprint density at radius 3 is 2.76 bits per heavy atom. The summed E-state index contributed by atoms with van der Waals surface area (Å²) in [5.74, 6) is -0.165. The molecular formula is C13H14O4. The number of hydrogen-bond donors (Lipinski definition) is 1. The molecule has 0 amide bonds. The van der Waals surface area contributed by atoms with Crippen LogP contribution in [0.4, 0.5) is 0 Å².